The number of likely N-dealkylation sites (N-methyl/N-ethyl adjacent to an activating group) is 1. The van der Waals surface area contributed by atoms with Gasteiger partial charge in [-0.25, -0.2) is 0 Å². The second kappa shape index (κ2) is 29.3. The SMILES string of the molecule is CCCCN(CCCC)c1ccc(N=Nc2ccc(C)cc2O)c(O)c1.CN(C)c1ccc(N=Nc2ccc([N+](=O)[O-])cc2O)c(O)c1.CN1C(=CC=CC2=[N+](C)c3ccc4ccccc4c3C2(C)C)C(C)(C)c2cc(Cl)ccc21.[CH3-].[CH3-].[Co+2]. The monoisotopic (exact) mass is 1190 g/mol. The van der Waals surface area contributed by atoms with Crippen molar-refractivity contribution in [3.05, 3.63) is 198 Å². The number of phenolic OH excluding ortho intramolecular Hbond substituents is 4. The molecule has 439 valence electrons. The van der Waals surface area contributed by atoms with E-state index in [1.807, 2.05) is 44.1 Å². The molecule has 17 heteroatoms. The molecular weight excluding hydrogens is 1110 g/mol. The molecule has 1 radical (unpaired) electrons. The average molecular weight is 1190 g/mol. The Labute approximate surface area is 505 Å². The Kier molecular flexibility index (Phi) is 23.8. The van der Waals surface area contributed by atoms with Crippen LogP contribution < -0.4 is 14.7 Å². The number of nitro benzene ring substituents is 1. The van der Waals surface area contributed by atoms with Crippen LogP contribution in [0.5, 0.6) is 23.0 Å². The molecule has 0 saturated heterocycles. The van der Waals surface area contributed by atoms with Crippen LogP contribution in [0.4, 0.5) is 51.2 Å². The van der Waals surface area contributed by atoms with Crippen molar-refractivity contribution in [2.75, 3.05) is 56.0 Å². The minimum absolute atomic E-state index is 0. The number of nitrogens with zero attached hydrogens (tertiary/aromatic N) is 9. The summed E-state index contributed by atoms with van der Waals surface area (Å²) in [6.07, 6.45) is 11.3. The van der Waals surface area contributed by atoms with Crippen molar-refractivity contribution in [2.45, 2.75) is 85.0 Å². The minimum Gasteiger partial charge on any atom is -0.506 e. The van der Waals surface area contributed by atoms with Crippen LogP contribution in [0.1, 0.15) is 83.9 Å². The van der Waals surface area contributed by atoms with E-state index in [-0.39, 0.29) is 82.5 Å². The van der Waals surface area contributed by atoms with Crippen molar-refractivity contribution in [3.63, 3.8) is 0 Å². The van der Waals surface area contributed by atoms with E-state index in [0.29, 0.717) is 11.4 Å². The number of phenols is 4. The summed E-state index contributed by atoms with van der Waals surface area (Å²) >= 11 is 6.31. The van der Waals surface area contributed by atoms with Crippen molar-refractivity contribution in [2.24, 2.45) is 20.5 Å². The maximum Gasteiger partial charge on any atom is 2.00 e. The van der Waals surface area contributed by atoms with Gasteiger partial charge >= 0.3 is 16.8 Å². The number of unbranched alkanes of at least 4 members (excludes halogenated alkanes) is 2. The molecule has 15 nitrogen and oxygen atoms in total. The molecule has 7 aromatic rings. The largest absolute Gasteiger partial charge is 2.00 e. The first-order chi connectivity index (χ1) is 38.1. The average Bonchev–Trinajstić information content (AvgIpc) is 3.77. The van der Waals surface area contributed by atoms with Crippen LogP contribution in [0.2, 0.25) is 5.02 Å². The fourth-order valence-corrected chi connectivity index (χ4v) is 10.3. The van der Waals surface area contributed by atoms with Gasteiger partial charge in [-0.15, -0.1) is 20.5 Å². The number of aromatic hydroxyl groups is 4. The van der Waals surface area contributed by atoms with Gasteiger partial charge < -0.3 is 50.0 Å². The van der Waals surface area contributed by atoms with E-state index in [0.717, 1.165) is 66.8 Å². The van der Waals surface area contributed by atoms with Crippen molar-refractivity contribution in [1.82, 2.24) is 0 Å². The van der Waals surface area contributed by atoms with Gasteiger partial charge in [-0.3, -0.25) is 10.1 Å². The Morgan fingerprint density at radius 2 is 1.22 bits per heavy atom. The van der Waals surface area contributed by atoms with Gasteiger partial charge in [0.25, 0.3) is 5.69 Å². The zero-order valence-electron chi connectivity index (χ0n) is 49.9. The number of hydrogen-bond donors (Lipinski definition) is 4. The van der Waals surface area contributed by atoms with Crippen molar-refractivity contribution in [3.8, 4) is 23.0 Å². The summed E-state index contributed by atoms with van der Waals surface area (Å²) in [7, 11) is 8.00. The Balaban J connectivity index is 0.000000268. The molecule has 0 aliphatic carbocycles. The number of halogens is 1. The predicted octanol–water partition coefficient (Wildman–Crippen LogP) is 18.0. The molecule has 0 saturated carbocycles. The molecule has 2 heterocycles. The van der Waals surface area contributed by atoms with Gasteiger partial charge in [-0.05, 0) is 128 Å². The second-order valence-corrected chi connectivity index (χ2v) is 21.7. The van der Waals surface area contributed by atoms with E-state index >= 15 is 0 Å². The first kappa shape index (κ1) is 67.5. The predicted molar refractivity (Wildman–Crippen MR) is 339 cm³/mol. The maximum atomic E-state index is 10.6. The van der Waals surface area contributed by atoms with Gasteiger partial charge in [-0.2, -0.15) is 4.58 Å². The number of azo groups is 2. The quantitative estimate of drug-likeness (QED) is 0.0255. The van der Waals surface area contributed by atoms with Crippen molar-refractivity contribution >= 4 is 79.3 Å². The molecule has 7 aromatic carbocycles. The third kappa shape index (κ3) is 15.5. The second-order valence-electron chi connectivity index (χ2n) is 21.3. The van der Waals surface area contributed by atoms with Gasteiger partial charge in [0.05, 0.1) is 16.4 Å². The van der Waals surface area contributed by atoms with Gasteiger partial charge in [0.1, 0.15) is 52.8 Å². The van der Waals surface area contributed by atoms with Crippen LogP contribution in [-0.2, 0) is 27.6 Å². The number of hydrogen-bond acceptors (Lipinski definition) is 13. The van der Waals surface area contributed by atoms with Crippen LogP contribution in [-0.4, -0.2) is 76.9 Å². The summed E-state index contributed by atoms with van der Waals surface area (Å²) in [5.41, 5.74) is 11.2. The zero-order chi connectivity index (χ0) is 58.1. The standard InChI is InChI=1S/C29H30ClN2.C21H29N3O2.C14H14N4O4.2CH3.Co/c1-28(2)22-18-20(30)15-17-23(22)31(5)25(28)12-9-13-26-29(3,4)27-21-11-8-7-10-19(21)14-16-24(27)32(26)6;1-4-6-12-24(13-7-5-2)17-9-11-19(21(26)15-17)23-22-18-10-8-16(3)14-20(18)25;1-17(2)9-3-5-11(13(19)7-9)15-16-12-6-4-10(18(21)22)8-14(12)20;;;/h7-18H,1-6H3;8-11,14-15,25-26H,4-7,12-13H2,1-3H3;3-8,19-20H,1-2H3;2*1H3;/q+1;;;2*-1;+2. The first-order valence-corrected chi connectivity index (χ1v) is 27.2. The van der Waals surface area contributed by atoms with Crippen LogP contribution in [0.15, 0.2) is 172 Å². The normalized spacial score (nSPS) is 14.1. The molecule has 83 heavy (non-hydrogen) atoms. The molecular formula is C66H79ClCoN9O6+. The van der Waals surface area contributed by atoms with Gasteiger partial charge in [0.2, 0.25) is 5.69 Å². The Hall–Kier alpha value is -8.05. The summed E-state index contributed by atoms with van der Waals surface area (Å²) in [6.45, 7) is 17.4. The van der Waals surface area contributed by atoms with E-state index in [2.05, 4.69) is 157 Å². The summed E-state index contributed by atoms with van der Waals surface area (Å²) in [5, 5.41) is 69.6. The Morgan fingerprint density at radius 3 is 1.76 bits per heavy atom. The molecule has 2 aliphatic rings. The smallest absolute Gasteiger partial charge is 0.506 e. The molecule has 0 fully saturated rings. The summed E-state index contributed by atoms with van der Waals surface area (Å²) in [4.78, 5) is 16.4. The van der Waals surface area contributed by atoms with E-state index in [1.165, 1.54) is 62.9 Å². The van der Waals surface area contributed by atoms with Gasteiger partial charge in [-0.1, -0.05) is 88.5 Å². The first-order valence-electron chi connectivity index (χ1n) is 26.8. The number of anilines is 3. The maximum absolute atomic E-state index is 10.6. The van der Waals surface area contributed by atoms with Gasteiger partial charge in [0, 0.05) is 103 Å². The topological polar surface area (TPSA) is 186 Å². The van der Waals surface area contributed by atoms with Crippen LogP contribution in [0.3, 0.4) is 0 Å². The number of benzene rings is 7. The van der Waals surface area contributed by atoms with E-state index in [1.54, 1.807) is 36.4 Å². The van der Waals surface area contributed by atoms with Crippen LogP contribution in [0, 0.1) is 31.9 Å². The fourth-order valence-electron chi connectivity index (χ4n) is 10.1. The summed E-state index contributed by atoms with van der Waals surface area (Å²) in [6, 6.07) is 38.4. The van der Waals surface area contributed by atoms with Gasteiger partial charge in [0.15, 0.2) is 5.71 Å². The fraction of sp³-hybridized carbons (Fsp3) is 0.288. The molecule has 0 unspecified atom stereocenters. The number of nitro groups is 1. The molecule has 4 N–H and O–H groups in total. The number of fused-ring (bicyclic) bond motifs is 4. The van der Waals surface area contributed by atoms with Crippen LogP contribution in [0.25, 0.3) is 10.8 Å². The molecule has 2 aliphatic heterocycles. The number of non-ortho nitro benzene ring substituents is 1. The molecule has 0 spiro atoms. The molecule has 0 amide bonds. The summed E-state index contributed by atoms with van der Waals surface area (Å²) in [5.74, 6) is -0.246. The van der Waals surface area contributed by atoms with Crippen molar-refractivity contribution in [1.29, 1.82) is 0 Å². The number of allylic oxidation sites excluding steroid dienone is 4. The third-order valence-electron chi connectivity index (χ3n) is 14.6. The van der Waals surface area contributed by atoms with Crippen LogP contribution >= 0.6 is 11.6 Å². The molecule has 9 rings (SSSR count). The van der Waals surface area contributed by atoms with E-state index in [4.69, 9.17) is 11.6 Å². The van der Waals surface area contributed by atoms with Crippen molar-refractivity contribution < 1.29 is 46.7 Å². The summed E-state index contributed by atoms with van der Waals surface area (Å²) < 4.78 is 2.34. The molecule has 0 atom stereocenters. The number of rotatable bonds is 15. The van der Waals surface area contributed by atoms with E-state index in [9.17, 15) is 30.5 Å². The Morgan fingerprint density at radius 1 is 0.687 bits per heavy atom. The number of aryl methyl sites for hydroxylation is 1. The third-order valence-corrected chi connectivity index (χ3v) is 14.8. The zero-order valence-corrected chi connectivity index (χ0v) is 51.7. The van der Waals surface area contributed by atoms with E-state index < -0.39 is 4.92 Å². The minimum atomic E-state index is -0.619. The Bertz CT molecular complexity index is 3570. The molecule has 0 bridgehead atoms. The molecule has 0 aromatic heterocycles.